The number of hydrazone groups is 1. The summed E-state index contributed by atoms with van der Waals surface area (Å²) in [5.41, 5.74) is 3.29. The average Bonchev–Trinajstić information content (AvgIpc) is 2.49. The number of carbonyl (C=O) groups is 2. The van der Waals surface area contributed by atoms with Crippen LogP contribution >= 0.6 is 23.2 Å². The van der Waals surface area contributed by atoms with Crippen LogP contribution in [-0.2, 0) is 9.59 Å². The highest BCUT2D eigenvalue weighted by Gasteiger charge is 2.12. The average molecular weight is 336 g/mol. The van der Waals surface area contributed by atoms with Crippen molar-refractivity contribution in [1.82, 2.24) is 5.43 Å². The standard InChI is InChI=1S/C15H11Cl2N3O2/c16-11-6-4-10(5-7-11)9-18-20-15(22)14(21)19-13-3-1-2-12(17)8-13/h1-9H,(H,19,21)(H,20,22). The summed E-state index contributed by atoms with van der Waals surface area (Å²) in [7, 11) is 0. The van der Waals surface area contributed by atoms with E-state index in [-0.39, 0.29) is 0 Å². The number of anilines is 1. The molecule has 0 saturated carbocycles. The summed E-state index contributed by atoms with van der Waals surface area (Å²) in [6.07, 6.45) is 1.40. The van der Waals surface area contributed by atoms with Gasteiger partial charge in [-0.3, -0.25) is 9.59 Å². The van der Waals surface area contributed by atoms with E-state index >= 15 is 0 Å². The van der Waals surface area contributed by atoms with Crippen molar-refractivity contribution >= 4 is 46.9 Å². The molecule has 2 aromatic rings. The molecule has 0 spiro atoms. The minimum absolute atomic E-state index is 0.425. The van der Waals surface area contributed by atoms with Crippen LogP contribution in [0.1, 0.15) is 5.56 Å². The highest BCUT2D eigenvalue weighted by molar-refractivity contribution is 6.39. The third kappa shape index (κ3) is 4.87. The van der Waals surface area contributed by atoms with Crippen molar-refractivity contribution in [3.05, 3.63) is 64.1 Å². The van der Waals surface area contributed by atoms with Crippen molar-refractivity contribution in [2.75, 3.05) is 5.32 Å². The second kappa shape index (κ2) is 7.59. The number of halogens is 2. The largest absolute Gasteiger partial charge is 0.329 e. The Morgan fingerprint density at radius 2 is 1.68 bits per heavy atom. The first-order valence-electron chi connectivity index (χ1n) is 6.20. The van der Waals surface area contributed by atoms with Gasteiger partial charge in [-0.15, -0.1) is 0 Å². The maximum Gasteiger partial charge on any atom is 0.329 e. The van der Waals surface area contributed by atoms with Gasteiger partial charge in [0.05, 0.1) is 6.21 Å². The molecule has 2 N–H and O–H groups in total. The van der Waals surface area contributed by atoms with Crippen LogP contribution < -0.4 is 10.7 Å². The van der Waals surface area contributed by atoms with E-state index in [1.807, 2.05) is 0 Å². The fourth-order valence-corrected chi connectivity index (χ4v) is 1.84. The summed E-state index contributed by atoms with van der Waals surface area (Å²) in [5.74, 6) is -1.72. The van der Waals surface area contributed by atoms with Gasteiger partial charge in [-0.05, 0) is 35.9 Å². The van der Waals surface area contributed by atoms with Gasteiger partial charge < -0.3 is 5.32 Å². The van der Waals surface area contributed by atoms with E-state index < -0.39 is 11.8 Å². The van der Waals surface area contributed by atoms with Gasteiger partial charge in [0.15, 0.2) is 0 Å². The van der Waals surface area contributed by atoms with E-state index in [2.05, 4.69) is 15.8 Å². The summed E-state index contributed by atoms with van der Waals surface area (Å²) in [6.45, 7) is 0. The number of hydrogen-bond acceptors (Lipinski definition) is 3. The van der Waals surface area contributed by atoms with Crippen LogP contribution in [0.5, 0.6) is 0 Å². The van der Waals surface area contributed by atoms with Gasteiger partial charge in [-0.2, -0.15) is 5.10 Å². The predicted molar refractivity (Wildman–Crippen MR) is 87.3 cm³/mol. The molecule has 0 aliphatic heterocycles. The van der Waals surface area contributed by atoms with Crippen LogP contribution in [0.4, 0.5) is 5.69 Å². The Morgan fingerprint density at radius 3 is 2.36 bits per heavy atom. The molecule has 0 unspecified atom stereocenters. The number of carbonyl (C=O) groups excluding carboxylic acids is 2. The van der Waals surface area contributed by atoms with Gasteiger partial charge in [-0.25, -0.2) is 5.43 Å². The molecule has 0 bridgehead atoms. The van der Waals surface area contributed by atoms with E-state index in [1.165, 1.54) is 12.3 Å². The second-order valence-electron chi connectivity index (χ2n) is 4.22. The Bertz CT molecular complexity index is 715. The molecule has 0 saturated heterocycles. The fourth-order valence-electron chi connectivity index (χ4n) is 1.52. The van der Waals surface area contributed by atoms with Crippen molar-refractivity contribution < 1.29 is 9.59 Å². The topological polar surface area (TPSA) is 70.6 Å². The summed E-state index contributed by atoms with van der Waals surface area (Å²) in [5, 5.41) is 7.17. The van der Waals surface area contributed by atoms with Crippen molar-refractivity contribution in [2.24, 2.45) is 5.10 Å². The van der Waals surface area contributed by atoms with E-state index in [1.54, 1.807) is 42.5 Å². The molecule has 0 fully saturated rings. The smallest absolute Gasteiger partial charge is 0.318 e. The first-order chi connectivity index (χ1) is 10.5. The normalized spacial score (nSPS) is 10.5. The van der Waals surface area contributed by atoms with Gasteiger partial charge in [-0.1, -0.05) is 41.4 Å². The number of nitrogens with one attached hydrogen (secondary N) is 2. The Hall–Kier alpha value is -2.37. The molecular formula is C15H11Cl2N3O2. The van der Waals surface area contributed by atoms with E-state index in [0.29, 0.717) is 15.7 Å². The third-order valence-corrected chi connectivity index (χ3v) is 3.03. The van der Waals surface area contributed by atoms with E-state index in [0.717, 1.165) is 5.56 Å². The Morgan fingerprint density at radius 1 is 0.955 bits per heavy atom. The van der Waals surface area contributed by atoms with E-state index in [9.17, 15) is 9.59 Å². The summed E-state index contributed by atoms with van der Waals surface area (Å²) < 4.78 is 0. The molecule has 2 aromatic carbocycles. The summed E-state index contributed by atoms with van der Waals surface area (Å²) >= 11 is 11.5. The zero-order valence-corrected chi connectivity index (χ0v) is 12.7. The summed E-state index contributed by atoms with van der Waals surface area (Å²) in [4.78, 5) is 23.2. The minimum atomic E-state index is -0.884. The fraction of sp³-hybridized carbons (Fsp3) is 0. The zero-order chi connectivity index (χ0) is 15.9. The zero-order valence-electron chi connectivity index (χ0n) is 11.2. The number of nitrogens with zero attached hydrogens (tertiary/aromatic N) is 1. The molecule has 0 aliphatic carbocycles. The van der Waals surface area contributed by atoms with Crippen molar-refractivity contribution in [3.63, 3.8) is 0 Å². The Labute approximate surface area is 136 Å². The number of hydrogen-bond donors (Lipinski definition) is 2. The van der Waals surface area contributed by atoms with Crippen LogP contribution in [0.3, 0.4) is 0 Å². The minimum Gasteiger partial charge on any atom is -0.318 e. The lowest BCUT2D eigenvalue weighted by Gasteiger charge is -2.03. The lowest BCUT2D eigenvalue weighted by molar-refractivity contribution is -0.136. The number of amides is 2. The van der Waals surface area contributed by atoms with E-state index in [4.69, 9.17) is 23.2 Å². The van der Waals surface area contributed by atoms with Crippen molar-refractivity contribution in [1.29, 1.82) is 0 Å². The van der Waals surface area contributed by atoms with Crippen LogP contribution in [0, 0.1) is 0 Å². The molecule has 112 valence electrons. The van der Waals surface area contributed by atoms with Crippen LogP contribution in [0.25, 0.3) is 0 Å². The monoisotopic (exact) mass is 335 g/mol. The molecule has 0 radical (unpaired) electrons. The summed E-state index contributed by atoms with van der Waals surface area (Å²) in [6, 6.07) is 13.3. The molecule has 0 atom stereocenters. The van der Waals surface area contributed by atoms with Crippen LogP contribution in [0.15, 0.2) is 53.6 Å². The molecule has 22 heavy (non-hydrogen) atoms. The third-order valence-electron chi connectivity index (χ3n) is 2.54. The Kier molecular flexibility index (Phi) is 5.52. The first kappa shape index (κ1) is 16.0. The highest BCUT2D eigenvalue weighted by Crippen LogP contribution is 2.14. The number of rotatable bonds is 3. The lowest BCUT2D eigenvalue weighted by atomic mass is 10.2. The lowest BCUT2D eigenvalue weighted by Crippen LogP contribution is -2.32. The Balaban J connectivity index is 1.89. The maximum atomic E-state index is 11.7. The van der Waals surface area contributed by atoms with Crippen LogP contribution in [-0.4, -0.2) is 18.0 Å². The number of benzene rings is 2. The molecular weight excluding hydrogens is 325 g/mol. The quantitative estimate of drug-likeness (QED) is 0.514. The molecule has 5 nitrogen and oxygen atoms in total. The molecule has 0 heterocycles. The van der Waals surface area contributed by atoms with Gasteiger partial charge in [0.1, 0.15) is 0 Å². The predicted octanol–water partition coefficient (Wildman–Crippen LogP) is 3.08. The molecule has 7 heteroatoms. The SMILES string of the molecule is O=C(NN=Cc1ccc(Cl)cc1)C(=O)Nc1cccc(Cl)c1. The van der Waals surface area contributed by atoms with Gasteiger partial charge in [0.2, 0.25) is 0 Å². The van der Waals surface area contributed by atoms with Crippen LogP contribution in [0.2, 0.25) is 10.0 Å². The molecule has 0 aromatic heterocycles. The molecule has 2 rings (SSSR count). The maximum absolute atomic E-state index is 11.7. The molecule has 0 aliphatic rings. The van der Waals surface area contributed by atoms with Gasteiger partial charge in [0.25, 0.3) is 0 Å². The highest BCUT2D eigenvalue weighted by atomic mass is 35.5. The second-order valence-corrected chi connectivity index (χ2v) is 5.09. The van der Waals surface area contributed by atoms with Gasteiger partial charge >= 0.3 is 11.8 Å². The van der Waals surface area contributed by atoms with Gasteiger partial charge in [0, 0.05) is 15.7 Å². The van der Waals surface area contributed by atoms with Crippen molar-refractivity contribution in [2.45, 2.75) is 0 Å². The van der Waals surface area contributed by atoms with Crippen molar-refractivity contribution in [3.8, 4) is 0 Å². The molecule has 2 amide bonds. The first-order valence-corrected chi connectivity index (χ1v) is 6.96.